The fourth-order valence-electron chi connectivity index (χ4n) is 3.08. The molecule has 0 fully saturated rings. The fourth-order valence-corrected chi connectivity index (χ4v) is 3.08. The number of amides is 1. The van der Waals surface area contributed by atoms with Crippen molar-refractivity contribution >= 4 is 12.0 Å². The third kappa shape index (κ3) is 7.01. The zero-order valence-corrected chi connectivity index (χ0v) is 19.0. The number of halogens is 3. The summed E-state index contributed by atoms with van der Waals surface area (Å²) >= 11 is 0. The molecule has 0 aromatic carbocycles. The number of fused-ring (bicyclic) bond motifs is 1. The maximum absolute atomic E-state index is 12.7. The van der Waals surface area contributed by atoms with Crippen LogP contribution in [0.2, 0.25) is 0 Å². The molecule has 0 unspecified atom stereocenters. The molecule has 182 valence electrons. The minimum absolute atomic E-state index is 0.156. The molecule has 33 heavy (non-hydrogen) atoms. The number of nitrogens with one attached hydrogen (secondary N) is 1. The van der Waals surface area contributed by atoms with E-state index in [1.165, 1.54) is 0 Å². The lowest BCUT2D eigenvalue weighted by Crippen LogP contribution is -2.41. The van der Waals surface area contributed by atoms with Gasteiger partial charge in [-0.25, -0.2) is 24.4 Å². The number of hydrogen-bond acceptors (Lipinski definition) is 8. The lowest BCUT2D eigenvalue weighted by atomic mass is 10.2. The summed E-state index contributed by atoms with van der Waals surface area (Å²) in [6, 6.07) is -0.218. The highest BCUT2D eigenvalue weighted by atomic mass is 19.4. The van der Waals surface area contributed by atoms with Gasteiger partial charge in [-0.2, -0.15) is 18.3 Å². The minimum atomic E-state index is -4.48. The SMILES string of the molecule is CC[C@@H](COCc1nc2n(n1)CCN(c1ncc(C(F)(F)F)cn1)C2)NC(=O)OC(C)(C)C. The first-order valence-electron chi connectivity index (χ1n) is 10.6. The molecule has 0 saturated carbocycles. The number of carbonyl (C=O) groups excluding carboxylic acids is 1. The normalized spacial score (nSPS) is 15.2. The van der Waals surface area contributed by atoms with Crippen molar-refractivity contribution in [1.82, 2.24) is 30.0 Å². The van der Waals surface area contributed by atoms with Crippen molar-refractivity contribution < 1.29 is 27.4 Å². The van der Waals surface area contributed by atoms with Gasteiger partial charge in [-0.15, -0.1) is 0 Å². The third-order valence-electron chi connectivity index (χ3n) is 4.72. The van der Waals surface area contributed by atoms with Crippen molar-refractivity contribution in [1.29, 1.82) is 0 Å². The van der Waals surface area contributed by atoms with Crippen LogP contribution in [0.5, 0.6) is 0 Å². The Kier molecular flexibility index (Phi) is 7.40. The quantitative estimate of drug-likeness (QED) is 0.657. The molecule has 2 aromatic heterocycles. The summed E-state index contributed by atoms with van der Waals surface area (Å²) in [5, 5.41) is 7.18. The Labute approximate surface area is 189 Å². The highest BCUT2D eigenvalue weighted by Crippen LogP contribution is 2.28. The molecule has 1 amide bonds. The van der Waals surface area contributed by atoms with Crippen molar-refractivity contribution in [2.45, 2.75) is 71.6 Å². The van der Waals surface area contributed by atoms with Crippen LogP contribution >= 0.6 is 0 Å². The predicted molar refractivity (Wildman–Crippen MR) is 111 cm³/mol. The molecule has 0 radical (unpaired) electrons. The lowest BCUT2D eigenvalue weighted by Gasteiger charge is -2.26. The van der Waals surface area contributed by atoms with Crippen LogP contribution in [-0.2, 0) is 35.3 Å². The fraction of sp³-hybridized carbons (Fsp3) is 0.650. The van der Waals surface area contributed by atoms with Crippen LogP contribution in [0.25, 0.3) is 0 Å². The lowest BCUT2D eigenvalue weighted by molar-refractivity contribution is -0.138. The van der Waals surface area contributed by atoms with E-state index in [1.54, 1.807) is 30.4 Å². The standard InChI is InChI=1S/C20H28F3N7O3/c1-5-14(26-18(31)33-19(2,3)4)11-32-12-15-27-16-10-29(6-7-30(16)28-15)17-24-8-13(9-25-17)20(21,22)23/h8-9,14H,5-7,10-12H2,1-4H3,(H,26,31)/t14-/m0/s1. The Morgan fingerprint density at radius 1 is 1.21 bits per heavy atom. The zero-order valence-electron chi connectivity index (χ0n) is 19.0. The summed E-state index contributed by atoms with van der Waals surface area (Å²) < 4.78 is 50.8. The second-order valence-electron chi connectivity index (χ2n) is 8.62. The summed E-state index contributed by atoms with van der Waals surface area (Å²) in [4.78, 5) is 25.8. The summed E-state index contributed by atoms with van der Waals surface area (Å²) in [6.45, 7) is 9.02. The molecule has 13 heteroatoms. The van der Waals surface area contributed by atoms with Gasteiger partial charge in [-0.1, -0.05) is 6.92 Å². The molecule has 0 saturated heterocycles. The number of ether oxygens (including phenoxy) is 2. The summed E-state index contributed by atoms with van der Waals surface area (Å²) in [7, 11) is 0. The van der Waals surface area contributed by atoms with Crippen LogP contribution in [0.15, 0.2) is 12.4 Å². The maximum atomic E-state index is 12.7. The number of alkyl halides is 3. The van der Waals surface area contributed by atoms with Gasteiger partial charge in [0.1, 0.15) is 18.0 Å². The van der Waals surface area contributed by atoms with Crippen LogP contribution in [0.1, 0.15) is 51.3 Å². The highest BCUT2D eigenvalue weighted by Gasteiger charge is 2.32. The maximum Gasteiger partial charge on any atom is 0.419 e. The second-order valence-corrected chi connectivity index (χ2v) is 8.62. The van der Waals surface area contributed by atoms with Crippen molar-refractivity contribution in [2.24, 2.45) is 0 Å². The van der Waals surface area contributed by atoms with Gasteiger partial charge in [0, 0.05) is 18.9 Å². The number of aromatic nitrogens is 5. The molecule has 3 heterocycles. The largest absolute Gasteiger partial charge is 0.444 e. The summed E-state index contributed by atoms with van der Waals surface area (Å²) in [5.74, 6) is 1.32. The Morgan fingerprint density at radius 3 is 2.52 bits per heavy atom. The molecule has 0 aliphatic carbocycles. The topological polar surface area (TPSA) is 107 Å². The van der Waals surface area contributed by atoms with Crippen molar-refractivity contribution in [3.63, 3.8) is 0 Å². The van der Waals surface area contributed by atoms with Crippen molar-refractivity contribution in [2.75, 3.05) is 18.1 Å². The average molecular weight is 471 g/mol. The van der Waals surface area contributed by atoms with E-state index in [0.29, 0.717) is 37.7 Å². The highest BCUT2D eigenvalue weighted by molar-refractivity contribution is 5.68. The zero-order chi connectivity index (χ0) is 24.2. The monoisotopic (exact) mass is 471 g/mol. The molecular formula is C20H28F3N7O3. The van der Waals surface area contributed by atoms with Crippen molar-refractivity contribution in [3.8, 4) is 0 Å². The van der Waals surface area contributed by atoms with Crippen LogP contribution in [0.3, 0.4) is 0 Å². The third-order valence-corrected chi connectivity index (χ3v) is 4.72. The summed E-state index contributed by atoms with van der Waals surface area (Å²) in [6.07, 6.45) is -2.77. The van der Waals surface area contributed by atoms with Gasteiger partial charge in [0.05, 0.1) is 31.3 Å². The van der Waals surface area contributed by atoms with E-state index in [0.717, 1.165) is 12.4 Å². The molecular weight excluding hydrogens is 443 g/mol. The molecule has 0 bridgehead atoms. The van der Waals surface area contributed by atoms with E-state index in [2.05, 4.69) is 25.4 Å². The molecule has 1 aliphatic heterocycles. The van der Waals surface area contributed by atoms with Crippen LogP contribution < -0.4 is 10.2 Å². The first kappa shape index (κ1) is 24.7. The Balaban J connectivity index is 1.52. The Bertz CT molecular complexity index is 942. The number of hydrogen-bond donors (Lipinski definition) is 1. The number of alkyl carbamates (subject to hydrolysis) is 1. The average Bonchev–Trinajstić information content (AvgIpc) is 3.13. The van der Waals surface area contributed by atoms with Gasteiger partial charge in [-0.05, 0) is 27.2 Å². The first-order chi connectivity index (χ1) is 15.4. The van der Waals surface area contributed by atoms with E-state index in [-0.39, 0.29) is 25.2 Å². The van der Waals surface area contributed by atoms with Crippen LogP contribution in [0.4, 0.5) is 23.9 Å². The summed E-state index contributed by atoms with van der Waals surface area (Å²) in [5.41, 5.74) is -1.47. The second kappa shape index (κ2) is 9.89. The Morgan fingerprint density at radius 2 is 1.91 bits per heavy atom. The molecule has 3 rings (SSSR count). The van der Waals surface area contributed by atoms with Crippen LogP contribution in [0, 0.1) is 0 Å². The number of anilines is 1. The number of nitrogens with zero attached hydrogens (tertiary/aromatic N) is 6. The number of rotatable bonds is 7. The molecule has 1 N–H and O–H groups in total. The van der Waals surface area contributed by atoms with Gasteiger partial charge < -0.3 is 19.7 Å². The smallest absolute Gasteiger partial charge is 0.419 e. The Hall–Kier alpha value is -2.96. The minimum Gasteiger partial charge on any atom is -0.444 e. The first-order valence-corrected chi connectivity index (χ1v) is 10.6. The van der Waals surface area contributed by atoms with E-state index in [4.69, 9.17) is 9.47 Å². The van der Waals surface area contributed by atoms with Crippen LogP contribution in [-0.4, -0.2) is 55.6 Å². The van der Waals surface area contributed by atoms with E-state index in [1.807, 2.05) is 6.92 Å². The predicted octanol–water partition coefficient (Wildman–Crippen LogP) is 2.93. The van der Waals surface area contributed by atoms with Gasteiger partial charge in [-0.3, -0.25) is 0 Å². The molecule has 10 nitrogen and oxygen atoms in total. The van der Waals surface area contributed by atoms with Gasteiger partial charge in [0.15, 0.2) is 5.82 Å². The van der Waals surface area contributed by atoms with Gasteiger partial charge >= 0.3 is 12.3 Å². The van der Waals surface area contributed by atoms with E-state index in [9.17, 15) is 18.0 Å². The van der Waals surface area contributed by atoms with E-state index >= 15 is 0 Å². The molecule has 1 atom stereocenters. The van der Waals surface area contributed by atoms with Gasteiger partial charge in [0.2, 0.25) is 5.95 Å². The van der Waals surface area contributed by atoms with E-state index < -0.39 is 23.4 Å². The number of carbonyl (C=O) groups is 1. The molecule has 0 spiro atoms. The van der Waals surface area contributed by atoms with Gasteiger partial charge in [0.25, 0.3) is 0 Å². The molecule has 2 aromatic rings. The van der Waals surface area contributed by atoms with Crippen molar-refractivity contribution in [3.05, 3.63) is 29.6 Å². The molecule has 1 aliphatic rings.